The summed E-state index contributed by atoms with van der Waals surface area (Å²) in [5.41, 5.74) is 0. The summed E-state index contributed by atoms with van der Waals surface area (Å²) in [6.07, 6.45) is 0. The van der Waals surface area contributed by atoms with Gasteiger partial charge < -0.3 is 15.4 Å². The monoisotopic (exact) mass is 216 g/mol. The molecule has 0 aliphatic heterocycles. The zero-order valence-electron chi connectivity index (χ0n) is 9.79. The lowest BCUT2D eigenvalue weighted by Crippen LogP contribution is -2.47. The van der Waals surface area contributed by atoms with Crippen molar-refractivity contribution in [1.29, 1.82) is 0 Å². The summed E-state index contributed by atoms with van der Waals surface area (Å²) in [6, 6.07) is -0.568. The van der Waals surface area contributed by atoms with Gasteiger partial charge in [-0.15, -0.1) is 0 Å². The Kier molecular flexibility index (Phi) is 6.70. The Hall–Kier alpha value is -1.10. The van der Waals surface area contributed by atoms with E-state index in [9.17, 15) is 9.59 Å². The fourth-order valence-corrected chi connectivity index (χ4v) is 1.09. The second-order valence-corrected chi connectivity index (χ2v) is 3.59. The van der Waals surface area contributed by atoms with Crippen molar-refractivity contribution in [3.05, 3.63) is 0 Å². The maximum atomic E-state index is 11.4. The smallest absolute Gasteiger partial charge is 0.328 e. The minimum absolute atomic E-state index is 0.0167. The predicted molar refractivity (Wildman–Crippen MR) is 57.3 cm³/mol. The van der Waals surface area contributed by atoms with E-state index in [-0.39, 0.29) is 18.4 Å². The molecule has 15 heavy (non-hydrogen) atoms. The Labute approximate surface area is 90.6 Å². The first-order chi connectivity index (χ1) is 7.02. The Morgan fingerprint density at radius 3 is 2.33 bits per heavy atom. The number of hydrogen-bond donors (Lipinski definition) is 2. The molecule has 1 unspecified atom stereocenters. The van der Waals surface area contributed by atoms with Crippen molar-refractivity contribution >= 4 is 11.9 Å². The summed E-state index contributed by atoms with van der Waals surface area (Å²) >= 11 is 0. The van der Waals surface area contributed by atoms with Gasteiger partial charge in [-0.2, -0.15) is 0 Å². The number of ether oxygens (including phenoxy) is 1. The standard InChI is InChI=1S/C10H20N2O3/c1-5-11-6-8(13)12-9(7(2)3)10(14)15-4/h7,9,11H,5-6H2,1-4H3,(H,12,13). The van der Waals surface area contributed by atoms with Gasteiger partial charge in [-0.25, -0.2) is 4.79 Å². The van der Waals surface area contributed by atoms with Gasteiger partial charge in [-0.05, 0) is 12.5 Å². The second-order valence-electron chi connectivity index (χ2n) is 3.59. The van der Waals surface area contributed by atoms with Crippen LogP contribution in [-0.2, 0) is 14.3 Å². The molecular formula is C10H20N2O3. The quantitative estimate of drug-likeness (QED) is 0.609. The Bertz CT molecular complexity index is 217. The van der Waals surface area contributed by atoms with Gasteiger partial charge in [0.2, 0.25) is 5.91 Å². The Balaban J connectivity index is 4.17. The molecule has 0 aromatic carbocycles. The van der Waals surface area contributed by atoms with E-state index >= 15 is 0 Å². The lowest BCUT2D eigenvalue weighted by molar-refractivity contribution is -0.146. The van der Waals surface area contributed by atoms with Crippen LogP contribution < -0.4 is 10.6 Å². The lowest BCUT2D eigenvalue weighted by atomic mass is 10.0. The van der Waals surface area contributed by atoms with Gasteiger partial charge in [-0.1, -0.05) is 20.8 Å². The summed E-state index contributed by atoms with van der Waals surface area (Å²) < 4.78 is 4.60. The lowest BCUT2D eigenvalue weighted by Gasteiger charge is -2.19. The molecule has 88 valence electrons. The molecule has 0 aliphatic rings. The first kappa shape index (κ1) is 13.9. The summed E-state index contributed by atoms with van der Waals surface area (Å²) in [6.45, 7) is 6.56. The fraction of sp³-hybridized carbons (Fsp3) is 0.800. The molecule has 1 amide bonds. The number of hydrogen-bond acceptors (Lipinski definition) is 4. The van der Waals surface area contributed by atoms with E-state index in [0.717, 1.165) is 6.54 Å². The van der Waals surface area contributed by atoms with Crippen LogP contribution in [0, 0.1) is 5.92 Å². The maximum absolute atomic E-state index is 11.4. The van der Waals surface area contributed by atoms with E-state index < -0.39 is 12.0 Å². The molecule has 2 N–H and O–H groups in total. The van der Waals surface area contributed by atoms with E-state index in [1.54, 1.807) is 0 Å². The van der Waals surface area contributed by atoms with Crippen molar-refractivity contribution in [2.45, 2.75) is 26.8 Å². The summed E-state index contributed by atoms with van der Waals surface area (Å²) in [5, 5.41) is 5.51. The number of methoxy groups -OCH3 is 1. The van der Waals surface area contributed by atoms with Crippen molar-refractivity contribution < 1.29 is 14.3 Å². The highest BCUT2D eigenvalue weighted by Gasteiger charge is 2.24. The molecule has 0 saturated heterocycles. The average Bonchev–Trinajstić information content (AvgIpc) is 2.21. The van der Waals surface area contributed by atoms with Crippen LogP contribution in [0.3, 0.4) is 0 Å². The SMILES string of the molecule is CCNCC(=O)NC(C(=O)OC)C(C)C. The highest BCUT2D eigenvalue weighted by molar-refractivity contribution is 5.85. The van der Waals surface area contributed by atoms with E-state index in [1.807, 2.05) is 20.8 Å². The molecule has 5 nitrogen and oxygen atoms in total. The molecule has 0 aliphatic carbocycles. The first-order valence-electron chi connectivity index (χ1n) is 5.10. The van der Waals surface area contributed by atoms with Gasteiger partial charge in [0.05, 0.1) is 13.7 Å². The van der Waals surface area contributed by atoms with Crippen LogP contribution in [0.15, 0.2) is 0 Å². The summed E-state index contributed by atoms with van der Waals surface area (Å²) in [7, 11) is 1.31. The van der Waals surface area contributed by atoms with Crippen molar-refractivity contribution in [2.24, 2.45) is 5.92 Å². The highest BCUT2D eigenvalue weighted by Crippen LogP contribution is 2.02. The average molecular weight is 216 g/mol. The van der Waals surface area contributed by atoms with Crippen LogP contribution in [0.2, 0.25) is 0 Å². The molecule has 0 aromatic rings. The third-order valence-corrected chi connectivity index (χ3v) is 1.97. The summed E-state index contributed by atoms with van der Waals surface area (Å²) in [5.74, 6) is -0.584. The zero-order valence-corrected chi connectivity index (χ0v) is 9.79. The van der Waals surface area contributed by atoms with Crippen LogP contribution in [0.5, 0.6) is 0 Å². The van der Waals surface area contributed by atoms with Crippen molar-refractivity contribution in [3.63, 3.8) is 0 Å². The number of amides is 1. The van der Waals surface area contributed by atoms with Crippen molar-refractivity contribution in [2.75, 3.05) is 20.2 Å². The van der Waals surface area contributed by atoms with Crippen LogP contribution in [0.25, 0.3) is 0 Å². The molecule has 0 heterocycles. The van der Waals surface area contributed by atoms with Crippen molar-refractivity contribution in [1.82, 2.24) is 10.6 Å². The molecule has 0 spiro atoms. The van der Waals surface area contributed by atoms with E-state index in [0.29, 0.717) is 0 Å². The number of rotatable bonds is 6. The van der Waals surface area contributed by atoms with Crippen LogP contribution >= 0.6 is 0 Å². The van der Waals surface area contributed by atoms with Gasteiger partial charge >= 0.3 is 5.97 Å². The normalized spacial score (nSPS) is 12.3. The molecular weight excluding hydrogens is 196 g/mol. The third kappa shape index (κ3) is 5.37. The molecule has 0 aromatic heterocycles. The highest BCUT2D eigenvalue weighted by atomic mass is 16.5. The van der Waals surface area contributed by atoms with Crippen LogP contribution in [0.4, 0.5) is 0 Å². The van der Waals surface area contributed by atoms with Crippen LogP contribution in [-0.4, -0.2) is 38.1 Å². The van der Waals surface area contributed by atoms with Crippen molar-refractivity contribution in [3.8, 4) is 0 Å². The van der Waals surface area contributed by atoms with Gasteiger partial charge in [-0.3, -0.25) is 4.79 Å². The molecule has 0 rings (SSSR count). The summed E-state index contributed by atoms with van der Waals surface area (Å²) in [4.78, 5) is 22.7. The van der Waals surface area contributed by atoms with Gasteiger partial charge in [0.1, 0.15) is 6.04 Å². The number of likely N-dealkylation sites (N-methyl/N-ethyl adjacent to an activating group) is 1. The van der Waals surface area contributed by atoms with Gasteiger partial charge in [0.25, 0.3) is 0 Å². The predicted octanol–water partition coefficient (Wildman–Crippen LogP) is -0.0903. The number of carbonyl (C=O) groups is 2. The van der Waals surface area contributed by atoms with E-state index in [2.05, 4.69) is 15.4 Å². The first-order valence-corrected chi connectivity index (χ1v) is 5.10. The topological polar surface area (TPSA) is 67.4 Å². The minimum Gasteiger partial charge on any atom is -0.467 e. The van der Waals surface area contributed by atoms with Crippen LogP contribution in [0.1, 0.15) is 20.8 Å². The Morgan fingerprint density at radius 1 is 1.33 bits per heavy atom. The molecule has 1 atom stereocenters. The maximum Gasteiger partial charge on any atom is 0.328 e. The van der Waals surface area contributed by atoms with E-state index in [1.165, 1.54) is 7.11 Å². The molecule has 0 radical (unpaired) electrons. The number of carbonyl (C=O) groups excluding carboxylic acids is 2. The molecule has 0 fully saturated rings. The third-order valence-electron chi connectivity index (χ3n) is 1.97. The number of esters is 1. The van der Waals surface area contributed by atoms with Gasteiger partial charge in [0, 0.05) is 0 Å². The largest absolute Gasteiger partial charge is 0.467 e. The molecule has 5 heteroatoms. The van der Waals surface area contributed by atoms with Gasteiger partial charge in [0.15, 0.2) is 0 Å². The Morgan fingerprint density at radius 2 is 1.93 bits per heavy atom. The molecule has 0 saturated carbocycles. The second kappa shape index (κ2) is 7.23. The number of nitrogens with one attached hydrogen (secondary N) is 2. The zero-order chi connectivity index (χ0) is 11.8. The van der Waals surface area contributed by atoms with E-state index in [4.69, 9.17) is 0 Å². The minimum atomic E-state index is -0.568. The molecule has 0 bridgehead atoms. The fourth-order valence-electron chi connectivity index (χ4n) is 1.09.